The molecular formula is C10H11NO4S. The van der Waals surface area contributed by atoms with Gasteiger partial charge in [0.25, 0.3) is 5.91 Å². The molecule has 0 aliphatic carbocycles. The highest BCUT2D eigenvalue weighted by Gasteiger charge is 2.19. The van der Waals surface area contributed by atoms with Crippen LogP contribution in [0.25, 0.3) is 0 Å². The molecule has 1 aromatic rings. The average molecular weight is 241 g/mol. The fourth-order valence-corrected chi connectivity index (χ4v) is 1.87. The van der Waals surface area contributed by atoms with Crippen molar-refractivity contribution in [2.75, 3.05) is 13.7 Å². The molecule has 0 spiro atoms. The number of aromatic hydroxyl groups is 1. The third-order valence-corrected chi connectivity index (χ3v) is 2.82. The molecule has 0 radical (unpaired) electrons. The van der Waals surface area contributed by atoms with Crippen LogP contribution in [0, 0.1) is 0 Å². The van der Waals surface area contributed by atoms with Crippen molar-refractivity contribution in [3.05, 3.63) is 28.5 Å². The first kappa shape index (κ1) is 12.3. The Hall–Kier alpha value is -1.82. The SMILES string of the molecule is C=CCNC(=O)c1cc(O)c(C(=O)OC)s1. The van der Waals surface area contributed by atoms with E-state index in [1.807, 2.05) is 0 Å². The molecule has 0 fully saturated rings. The van der Waals surface area contributed by atoms with E-state index in [0.29, 0.717) is 6.54 Å². The van der Waals surface area contributed by atoms with Crippen LogP contribution in [0.2, 0.25) is 0 Å². The molecule has 0 atom stereocenters. The molecule has 0 aromatic carbocycles. The monoisotopic (exact) mass is 241 g/mol. The normalized spacial score (nSPS) is 9.56. The number of ether oxygens (including phenoxy) is 1. The smallest absolute Gasteiger partial charge is 0.351 e. The average Bonchev–Trinajstić information content (AvgIpc) is 2.67. The minimum atomic E-state index is -0.662. The van der Waals surface area contributed by atoms with E-state index in [2.05, 4.69) is 16.6 Å². The second kappa shape index (κ2) is 5.32. The summed E-state index contributed by atoms with van der Waals surface area (Å²) in [4.78, 5) is 22.9. The van der Waals surface area contributed by atoms with Crippen molar-refractivity contribution < 1.29 is 19.4 Å². The Bertz CT molecular complexity index is 424. The Labute approximate surface area is 96.4 Å². The number of methoxy groups -OCH3 is 1. The van der Waals surface area contributed by atoms with E-state index in [0.717, 1.165) is 11.3 Å². The minimum Gasteiger partial charge on any atom is -0.506 e. The predicted octanol–water partition coefficient (Wildman–Crippen LogP) is 1.16. The molecular weight excluding hydrogens is 230 g/mol. The lowest BCUT2D eigenvalue weighted by molar-refractivity contribution is 0.0603. The van der Waals surface area contributed by atoms with Gasteiger partial charge in [-0.3, -0.25) is 4.79 Å². The van der Waals surface area contributed by atoms with E-state index in [9.17, 15) is 14.7 Å². The van der Waals surface area contributed by atoms with Gasteiger partial charge < -0.3 is 15.2 Å². The Morgan fingerprint density at radius 3 is 2.94 bits per heavy atom. The van der Waals surface area contributed by atoms with Gasteiger partial charge in [0.1, 0.15) is 5.75 Å². The van der Waals surface area contributed by atoms with E-state index in [1.165, 1.54) is 19.3 Å². The van der Waals surface area contributed by atoms with Crippen molar-refractivity contribution in [3.63, 3.8) is 0 Å². The zero-order chi connectivity index (χ0) is 12.1. The van der Waals surface area contributed by atoms with Crippen LogP contribution in [0.1, 0.15) is 19.3 Å². The van der Waals surface area contributed by atoms with Crippen LogP contribution in [0.15, 0.2) is 18.7 Å². The molecule has 2 N–H and O–H groups in total. The number of esters is 1. The highest BCUT2D eigenvalue weighted by atomic mass is 32.1. The maximum absolute atomic E-state index is 11.5. The Kier molecular flexibility index (Phi) is 4.07. The lowest BCUT2D eigenvalue weighted by Gasteiger charge is -1.97. The number of amides is 1. The highest BCUT2D eigenvalue weighted by molar-refractivity contribution is 7.16. The quantitative estimate of drug-likeness (QED) is 0.612. The number of hydrogen-bond acceptors (Lipinski definition) is 5. The van der Waals surface area contributed by atoms with E-state index in [-0.39, 0.29) is 21.4 Å². The molecule has 0 aliphatic rings. The first-order chi connectivity index (χ1) is 7.60. The molecule has 5 nitrogen and oxygen atoms in total. The molecule has 1 heterocycles. The fourth-order valence-electron chi connectivity index (χ4n) is 0.984. The Morgan fingerprint density at radius 1 is 1.69 bits per heavy atom. The van der Waals surface area contributed by atoms with Gasteiger partial charge in [0.2, 0.25) is 0 Å². The van der Waals surface area contributed by atoms with Gasteiger partial charge in [-0.15, -0.1) is 17.9 Å². The topological polar surface area (TPSA) is 75.6 Å². The largest absolute Gasteiger partial charge is 0.506 e. The van der Waals surface area contributed by atoms with Crippen molar-refractivity contribution in [3.8, 4) is 5.75 Å². The number of carbonyl (C=O) groups excluding carboxylic acids is 2. The van der Waals surface area contributed by atoms with Crippen LogP contribution in [-0.2, 0) is 4.74 Å². The molecule has 0 saturated carbocycles. The molecule has 0 saturated heterocycles. The second-order valence-electron chi connectivity index (χ2n) is 2.82. The van der Waals surface area contributed by atoms with Crippen LogP contribution >= 0.6 is 11.3 Å². The van der Waals surface area contributed by atoms with Gasteiger partial charge >= 0.3 is 5.97 Å². The summed E-state index contributed by atoms with van der Waals surface area (Å²) in [6, 6.07) is 1.23. The maximum Gasteiger partial charge on any atom is 0.351 e. The zero-order valence-corrected chi connectivity index (χ0v) is 9.47. The fraction of sp³-hybridized carbons (Fsp3) is 0.200. The van der Waals surface area contributed by atoms with Crippen molar-refractivity contribution in [2.45, 2.75) is 0 Å². The van der Waals surface area contributed by atoms with Gasteiger partial charge in [0.15, 0.2) is 4.88 Å². The highest BCUT2D eigenvalue weighted by Crippen LogP contribution is 2.28. The number of nitrogens with one attached hydrogen (secondary N) is 1. The summed E-state index contributed by atoms with van der Waals surface area (Å²) in [6.07, 6.45) is 1.53. The van der Waals surface area contributed by atoms with Gasteiger partial charge in [0.05, 0.1) is 12.0 Å². The lowest BCUT2D eigenvalue weighted by atomic mass is 10.3. The number of hydrogen-bond donors (Lipinski definition) is 2. The summed E-state index contributed by atoms with van der Waals surface area (Å²) < 4.78 is 4.45. The third-order valence-electron chi connectivity index (χ3n) is 1.71. The van der Waals surface area contributed by atoms with E-state index in [1.54, 1.807) is 0 Å². The summed E-state index contributed by atoms with van der Waals surface area (Å²) in [5, 5.41) is 12.0. The van der Waals surface area contributed by atoms with E-state index >= 15 is 0 Å². The molecule has 0 bridgehead atoms. The van der Waals surface area contributed by atoms with Crippen molar-refractivity contribution in [1.82, 2.24) is 5.32 Å². The number of thiophene rings is 1. The van der Waals surface area contributed by atoms with Crippen molar-refractivity contribution >= 4 is 23.2 Å². The molecule has 1 rings (SSSR count). The first-order valence-corrected chi connectivity index (χ1v) is 5.22. The Balaban J connectivity index is 2.87. The van der Waals surface area contributed by atoms with Crippen molar-refractivity contribution in [2.24, 2.45) is 0 Å². The van der Waals surface area contributed by atoms with Gasteiger partial charge in [0, 0.05) is 12.6 Å². The number of rotatable bonds is 4. The summed E-state index contributed by atoms with van der Waals surface area (Å²) in [7, 11) is 1.21. The summed E-state index contributed by atoms with van der Waals surface area (Å²) >= 11 is 0.880. The van der Waals surface area contributed by atoms with E-state index in [4.69, 9.17) is 0 Å². The molecule has 1 amide bonds. The van der Waals surface area contributed by atoms with Crippen molar-refractivity contribution in [1.29, 1.82) is 0 Å². The maximum atomic E-state index is 11.5. The zero-order valence-electron chi connectivity index (χ0n) is 8.65. The predicted molar refractivity (Wildman–Crippen MR) is 59.9 cm³/mol. The third kappa shape index (κ3) is 2.60. The molecule has 0 aliphatic heterocycles. The van der Waals surface area contributed by atoms with Crippen LogP contribution in [0.4, 0.5) is 0 Å². The standard InChI is InChI=1S/C10H11NO4S/c1-3-4-11-9(13)7-5-6(12)8(16-7)10(14)15-2/h3,5,12H,1,4H2,2H3,(H,11,13). The lowest BCUT2D eigenvalue weighted by Crippen LogP contribution is -2.22. The second-order valence-corrected chi connectivity index (χ2v) is 3.87. The minimum absolute atomic E-state index is 0.0197. The molecule has 16 heavy (non-hydrogen) atoms. The Morgan fingerprint density at radius 2 is 2.38 bits per heavy atom. The molecule has 0 unspecified atom stereocenters. The van der Waals surface area contributed by atoms with Crippen LogP contribution in [0.3, 0.4) is 0 Å². The number of carbonyl (C=O) groups is 2. The summed E-state index contributed by atoms with van der Waals surface area (Å²) in [5.41, 5.74) is 0. The van der Waals surface area contributed by atoms with Crippen LogP contribution in [-0.4, -0.2) is 30.6 Å². The van der Waals surface area contributed by atoms with Crippen LogP contribution in [0.5, 0.6) is 5.75 Å². The summed E-state index contributed by atoms with van der Waals surface area (Å²) in [5.74, 6) is -1.28. The van der Waals surface area contributed by atoms with Crippen LogP contribution < -0.4 is 5.32 Å². The van der Waals surface area contributed by atoms with Gasteiger partial charge in [-0.05, 0) is 0 Å². The molecule has 6 heteroatoms. The van der Waals surface area contributed by atoms with Gasteiger partial charge in [-0.25, -0.2) is 4.79 Å². The molecule has 1 aromatic heterocycles. The molecule has 86 valence electrons. The van der Waals surface area contributed by atoms with Gasteiger partial charge in [-0.2, -0.15) is 0 Å². The van der Waals surface area contributed by atoms with Gasteiger partial charge in [-0.1, -0.05) is 6.08 Å². The first-order valence-electron chi connectivity index (χ1n) is 4.40. The summed E-state index contributed by atoms with van der Waals surface area (Å²) in [6.45, 7) is 3.78. The van der Waals surface area contributed by atoms with E-state index < -0.39 is 5.97 Å².